The molecular formula is C17H20N4O2S. The van der Waals surface area contributed by atoms with Crippen LogP contribution in [0.1, 0.15) is 5.56 Å². The molecule has 2 rings (SSSR count). The van der Waals surface area contributed by atoms with Gasteiger partial charge in [-0.2, -0.15) is 0 Å². The molecule has 0 aromatic heterocycles. The van der Waals surface area contributed by atoms with Crippen LogP contribution in [0.15, 0.2) is 64.5 Å². The Balaban J connectivity index is 1.74. The molecule has 0 atom stereocenters. The van der Waals surface area contributed by atoms with Gasteiger partial charge in [0, 0.05) is 42.9 Å². The summed E-state index contributed by atoms with van der Waals surface area (Å²) in [7, 11) is 1.70. The number of nitro benzene ring substituents is 1. The van der Waals surface area contributed by atoms with Crippen molar-refractivity contribution < 1.29 is 4.92 Å². The molecule has 2 aromatic carbocycles. The lowest BCUT2D eigenvalue weighted by atomic mass is 10.2. The number of hydrogen-bond acceptors (Lipinski definition) is 4. The Morgan fingerprint density at radius 3 is 2.67 bits per heavy atom. The van der Waals surface area contributed by atoms with Crippen LogP contribution in [-0.4, -0.2) is 30.2 Å². The lowest BCUT2D eigenvalue weighted by molar-refractivity contribution is -0.384. The van der Waals surface area contributed by atoms with Gasteiger partial charge in [0.25, 0.3) is 5.69 Å². The fraction of sp³-hybridized carbons (Fsp3) is 0.235. The van der Waals surface area contributed by atoms with E-state index in [0.29, 0.717) is 12.5 Å². The van der Waals surface area contributed by atoms with E-state index in [0.717, 1.165) is 17.9 Å². The number of nitro groups is 1. The van der Waals surface area contributed by atoms with Crippen molar-refractivity contribution in [3.63, 3.8) is 0 Å². The van der Waals surface area contributed by atoms with Gasteiger partial charge in [0.1, 0.15) is 0 Å². The average Bonchev–Trinajstić information content (AvgIpc) is 2.62. The van der Waals surface area contributed by atoms with E-state index in [1.807, 2.05) is 24.3 Å². The number of non-ortho nitro benzene ring substituents is 1. The van der Waals surface area contributed by atoms with Gasteiger partial charge in [-0.15, -0.1) is 11.8 Å². The molecule has 7 heteroatoms. The first-order valence-corrected chi connectivity index (χ1v) is 8.53. The third-order valence-electron chi connectivity index (χ3n) is 3.21. The van der Waals surface area contributed by atoms with Crippen LogP contribution < -0.4 is 10.6 Å². The van der Waals surface area contributed by atoms with E-state index in [1.54, 1.807) is 30.9 Å². The van der Waals surface area contributed by atoms with Crippen molar-refractivity contribution in [1.29, 1.82) is 0 Å². The highest BCUT2D eigenvalue weighted by atomic mass is 32.2. The Hall–Kier alpha value is -2.54. The van der Waals surface area contributed by atoms with E-state index in [4.69, 9.17) is 0 Å². The van der Waals surface area contributed by atoms with Gasteiger partial charge in [0.2, 0.25) is 0 Å². The van der Waals surface area contributed by atoms with E-state index < -0.39 is 4.92 Å². The number of aliphatic imine (C=N–C) groups is 1. The molecule has 126 valence electrons. The summed E-state index contributed by atoms with van der Waals surface area (Å²) in [6, 6.07) is 16.8. The summed E-state index contributed by atoms with van der Waals surface area (Å²) in [6.07, 6.45) is 0. The van der Waals surface area contributed by atoms with Gasteiger partial charge in [-0.1, -0.05) is 30.3 Å². The monoisotopic (exact) mass is 344 g/mol. The second-order valence-electron chi connectivity index (χ2n) is 4.94. The fourth-order valence-corrected chi connectivity index (χ4v) is 2.83. The maximum absolute atomic E-state index is 10.8. The predicted octanol–water partition coefficient (Wildman–Crippen LogP) is 3.05. The van der Waals surface area contributed by atoms with Crippen LogP contribution in [0, 0.1) is 10.1 Å². The van der Waals surface area contributed by atoms with Gasteiger partial charge < -0.3 is 10.6 Å². The van der Waals surface area contributed by atoms with Gasteiger partial charge >= 0.3 is 0 Å². The summed E-state index contributed by atoms with van der Waals surface area (Å²) in [6.45, 7) is 1.25. The third kappa shape index (κ3) is 5.92. The van der Waals surface area contributed by atoms with Crippen LogP contribution in [0.3, 0.4) is 0 Å². The minimum Gasteiger partial charge on any atom is -0.356 e. The van der Waals surface area contributed by atoms with Crippen molar-refractivity contribution in [1.82, 2.24) is 10.6 Å². The average molecular weight is 344 g/mol. The van der Waals surface area contributed by atoms with Crippen molar-refractivity contribution >= 4 is 23.4 Å². The Morgan fingerprint density at radius 1 is 1.17 bits per heavy atom. The van der Waals surface area contributed by atoms with E-state index in [9.17, 15) is 10.1 Å². The molecule has 2 aromatic rings. The van der Waals surface area contributed by atoms with E-state index in [1.165, 1.54) is 11.0 Å². The highest BCUT2D eigenvalue weighted by Gasteiger charge is 2.06. The lowest BCUT2D eigenvalue weighted by Gasteiger charge is -2.11. The highest BCUT2D eigenvalue weighted by molar-refractivity contribution is 7.99. The van der Waals surface area contributed by atoms with E-state index >= 15 is 0 Å². The normalized spacial score (nSPS) is 11.1. The Kier molecular flexibility index (Phi) is 7.10. The summed E-state index contributed by atoms with van der Waals surface area (Å²) in [5.41, 5.74) is 0.933. The van der Waals surface area contributed by atoms with Crippen LogP contribution in [-0.2, 0) is 6.54 Å². The molecule has 0 spiro atoms. The number of nitrogens with one attached hydrogen (secondary N) is 2. The molecule has 0 heterocycles. The van der Waals surface area contributed by atoms with E-state index in [2.05, 4.69) is 27.8 Å². The number of nitrogens with zero attached hydrogens (tertiary/aromatic N) is 2. The molecule has 0 bridgehead atoms. The summed E-state index contributed by atoms with van der Waals surface area (Å²) in [4.78, 5) is 15.8. The SMILES string of the molecule is CN=C(NCCSc1ccccc1)NCc1cccc([N+](=O)[O-])c1. The maximum Gasteiger partial charge on any atom is 0.269 e. The van der Waals surface area contributed by atoms with Gasteiger partial charge in [-0.05, 0) is 17.7 Å². The number of thioether (sulfide) groups is 1. The zero-order valence-electron chi connectivity index (χ0n) is 13.4. The van der Waals surface area contributed by atoms with Crippen molar-refractivity contribution in [2.75, 3.05) is 19.3 Å². The van der Waals surface area contributed by atoms with Crippen molar-refractivity contribution in [3.05, 3.63) is 70.3 Å². The van der Waals surface area contributed by atoms with Crippen LogP contribution >= 0.6 is 11.8 Å². The quantitative estimate of drug-likeness (QED) is 0.201. The Bertz CT molecular complexity index is 692. The second kappa shape index (κ2) is 9.57. The molecule has 0 saturated carbocycles. The molecule has 0 unspecified atom stereocenters. The molecule has 2 N–H and O–H groups in total. The molecule has 0 saturated heterocycles. The topological polar surface area (TPSA) is 79.6 Å². The van der Waals surface area contributed by atoms with Crippen molar-refractivity contribution in [3.8, 4) is 0 Å². The number of rotatable bonds is 7. The zero-order valence-corrected chi connectivity index (χ0v) is 14.3. The first-order chi connectivity index (χ1) is 11.7. The Morgan fingerprint density at radius 2 is 1.96 bits per heavy atom. The maximum atomic E-state index is 10.8. The number of guanidine groups is 1. The molecule has 0 aliphatic carbocycles. The largest absolute Gasteiger partial charge is 0.356 e. The first-order valence-electron chi connectivity index (χ1n) is 7.55. The molecule has 0 aliphatic rings. The summed E-state index contributed by atoms with van der Waals surface area (Å²) in [5.74, 6) is 1.59. The minimum absolute atomic E-state index is 0.0940. The van der Waals surface area contributed by atoms with Gasteiger partial charge in [-0.3, -0.25) is 15.1 Å². The van der Waals surface area contributed by atoms with Crippen molar-refractivity contribution in [2.24, 2.45) is 4.99 Å². The third-order valence-corrected chi connectivity index (χ3v) is 4.23. The second-order valence-corrected chi connectivity index (χ2v) is 6.11. The van der Waals surface area contributed by atoms with Gasteiger partial charge in [0.05, 0.1) is 4.92 Å². The molecular weight excluding hydrogens is 324 g/mol. The summed E-state index contributed by atoms with van der Waals surface area (Å²) in [5, 5.41) is 17.2. The Labute approximate surface area is 145 Å². The first kappa shape index (κ1) is 17.8. The molecule has 0 fully saturated rings. The number of hydrogen-bond donors (Lipinski definition) is 2. The van der Waals surface area contributed by atoms with Crippen LogP contribution in [0.2, 0.25) is 0 Å². The van der Waals surface area contributed by atoms with E-state index in [-0.39, 0.29) is 5.69 Å². The number of benzene rings is 2. The van der Waals surface area contributed by atoms with Crippen LogP contribution in [0.5, 0.6) is 0 Å². The smallest absolute Gasteiger partial charge is 0.269 e. The standard InChI is InChI=1S/C17H20N4O2S/c1-18-17(19-10-11-24-16-8-3-2-4-9-16)20-13-14-6-5-7-15(12-14)21(22)23/h2-9,12H,10-11,13H2,1H3,(H2,18,19,20). The lowest BCUT2D eigenvalue weighted by Crippen LogP contribution is -2.37. The molecule has 0 aliphatic heterocycles. The zero-order chi connectivity index (χ0) is 17.2. The summed E-state index contributed by atoms with van der Waals surface area (Å²) < 4.78 is 0. The summed E-state index contributed by atoms with van der Waals surface area (Å²) >= 11 is 1.77. The van der Waals surface area contributed by atoms with Gasteiger partial charge in [-0.25, -0.2) is 0 Å². The van der Waals surface area contributed by atoms with Crippen molar-refractivity contribution in [2.45, 2.75) is 11.4 Å². The molecule has 24 heavy (non-hydrogen) atoms. The fourth-order valence-electron chi connectivity index (χ4n) is 2.04. The van der Waals surface area contributed by atoms with Crippen LogP contribution in [0.4, 0.5) is 5.69 Å². The molecule has 6 nitrogen and oxygen atoms in total. The van der Waals surface area contributed by atoms with Gasteiger partial charge in [0.15, 0.2) is 5.96 Å². The molecule has 0 amide bonds. The predicted molar refractivity (Wildman–Crippen MR) is 98.5 cm³/mol. The highest BCUT2D eigenvalue weighted by Crippen LogP contribution is 2.15. The molecule has 0 radical (unpaired) electrons. The minimum atomic E-state index is -0.391. The van der Waals surface area contributed by atoms with Crippen LogP contribution in [0.25, 0.3) is 0 Å².